The van der Waals surface area contributed by atoms with E-state index < -0.39 is 5.82 Å². The molecule has 144 valence electrons. The zero-order valence-electron chi connectivity index (χ0n) is 16.1. The van der Waals surface area contributed by atoms with Crippen molar-refractivity contribution in [2.45, 2.75) is 13.8 Å². The largest absolute Gasteiger partial charge is 0.365 e. The number of aryl methyl sites for hydroxylation is 1. The summed E-state index contributed by atoms with van der Waals surface area (Å²) >= 11 is 0. The monoisotopic (exact) mass is 378 g/mol. The van der Waals surface area contributed by atoms with Gasteiger partial charge in [-0.1, -0.05) is 30.3 Å². The summed E-state index contributed by atoms with van der Waals surface area (Å²) in [5.41, 5.74) is 4.33. The molecule has 0 aliphatic carbocycles. The lowest BCUT2D eigenvalue weighted by molar-refractivity contribution is 0.0742. The number of hydrogen-bond donors (Lipinski definition) is 0. The van der Waals surface area contributed by atoms with Gasteiger partial charge in [-0.3, -0.25) is 4.79 Å². The molecule has 1 amide bonds. The van der Waals surface area contributed by atoms with E-state index in [9.17, 15) is 9.18 Å². The lowest BCUT2D eigenvalue weighted by Gasteiger charge is -2.36. The van der Waals surface area contributed by atoms with E-state index in [0.29, 0.717) is 26.2 Å². The molecule has 0 radical (unpaired) electrons. The van der Waals surface area contributed by atoms with E-state index in [4.69, 9.17) is 5.10 Å². The van der Waals surface area contributed by atoms with Crippen LogP contribution in [0, 0.1) is 19.7 Å². The fraction of sp³-hybridized carbons (Fsp3) is 0.273. The van der Waals surface area contributed by atoms with Gasteiger partial charge in [0.2, 0.25) is 0 Å². The van der Waals surface area contributed by atoms with E-state index in [0.717, 1.165) is 22.8 Å². The first-order chi connectivity index (χ1) is 13.6. The molecule has 1 aliphatic heterocycles. The lowest BCUT2D eigenvalue weighted by Crippen LogP contribution is -2.49. The molecule has 0 saturated carbocycles. The highest BCUT2D eigenvalue weighted by Crippen LogP contribution is 2.28. The van der Waals surface area contributed by atoms with Crippen LogP contribution in [0.2, 0.25) is 0 Å². The number of rotatable bonds is 3. The molecule has 2 aromatic carbocycles. The van der Waals surface area contributed by atoms with E-state index in [2.05, 4.69) is 11.8 Å². The molecule has 5 nitrogen and oxygen atoms in total. The van der Waals surface area contributed by atoms with Crippen molar-refractivity contribution in [3.05, 3.63) is 77.4 Å². The molecule has 1 aromatic heterocycles. The Morgan fingerprint density at radius 2 is 1.57 bits per heavy atom. The van der Waals surface area contributed by atoms with Crippen molar-refractivity contribution >= 4 is 11.6 Å². The normalized spacial score (nSPS) is 14.4. The van der Waals surface area contributed by atoms with Crippen LogP contribution in [0.5, 0.6) is 0 Å². The zero-order valence-corrected chi connectivity index (χ0v) is 16.1. The number of carbonyl (C=O) groups excluding carboxylic acids is 1. The molecular formula is C22H23FN4O. The number of carbonyl (C=O) groups is 1. The number of benzene rings is 2. The number of aromatic nitrogens is 2. The Bertz CT molecular complexity index is 991. The molecule has 0 unspecified atom stereocenters. The van der Waals surface area contributed by atoms with E-state index in [1.165, 1.54) is 6.07 Å². The van der Waals surface area contributed by atoms with Gasteiger partial charge in [0.15, 0.2) is 0 Å². The van der Waals surface area contributed by atoms with Crippen molar-refractivity contribution < 1.29 is 9.18 Å². The topological polar surface area (TPSA) is 41.4 Å². The third kappa shape index (κ3) is 3.26. The summed E-state index contributed by atoms with van der Waals surface area (Å²) in [7, 11) is 0. The highest BCUT2D eigenvalue weighted by atomic mass is 19.1. The summed E-state index contributed by atoms with van der Waals surface area (Å²) in [5.74, 6) is -0.711. The van der Waals surface area contributed by atoms with Gasteiger partial charge in [-0.25, -0.2) is 9.07 Å². The van der Waals surface area contributed by atoms with Crippen LogP contribution in [0.25, 0.3) is 5.69 Å². The number of halogens is 1. The Hall–Kier alpha value is -3.15. The first-order valence-electron chi connectivity index (χ1n) is 9.46. The molecule has 2 heterocycles. The van der Waals surface area contributed by atoms with Crippen molar-refractivity contribution in [1.82, 2.24) is 14.7 Å². The lowest BCUT2D eigenvalue weighted by atomic mass is 10.1. The predicted octanol–water partition coefficient (Wildman–Crippen LogP) is 3.59. The summed E-state index contributed by atoms with van der Waals surface area (Å²) in [4.78, 5) is 16.6. The molecule has 1 fully saturated rings. The molecule has 0 atom stereocenters. The summed E-state index contributed by atoms with van der Waals surface area (Å²) < 4.78 is 15.9. The van der Waals surface area contributed by atoms with E-state index in [1.807, 2.05) is 41.9 Å². The minimum absolute atomic E-state index is 0.139. The SMILES string of the molecule is Cc1nn(-c2ccccc2)c(C)c1N1CCN(C(=O)c2ccccc2F)CC1. The van der Waals surface area contributed by atoms with Crippen molar-refractivity contribution in [3.8, 4) is 5.69 Å². The molecule has 1 aliphatic rings. The van der Waals surface area contributed by atoms with Crippen LogP contribution in [0.15, 0.2) is 54.6 Å². The first kappa shape index (κ1) is 18.2. The minimum atomic E-state index is -0.467. The summed E-state index contributed by atoms with van der Waals surface area (Å²) in [6, 6.07) is 16.2. The van der Waals surface area contributed by atoms with Gasteiger partial charge in [-0.2, -0.15) is 5.10 Å². The number of hydrogen-bond acceptors (Lipinski definition) is 3. The molecule has 0 N–H and O–H groups in total. The third-order valence-electron chi connectivity index (χ3n) is 5.24. The van der Waals surface area contributed by atoms with Gasteiger partial charge in [0, 0.05) is 26.2 Å². The highest BCUT2D eigenvalue weighted by Gasteiger charge is 2.27. The van der Waals surface area contributed by atoms with Gasteiger partial charge in [0.1, 0.15) is 5.82 Å². The molecule has 0 bridgehead atoms. The number of nitrogens with zero attached hydrogens (tertiary/aromatic N) is 4. The van der Waals surface area contributed by atoms with E-state index in [-0.39, 0.29) is 11.5 Å². The van der Waals surface area contributed by atoms with Crippen molar-refractivity contribution in [2.75, 3.05) is 31.1 Å². The van der Waals surface area contributed by atoms with Crippen LogP contribution in [-0.4, -0.2) is 46.8 Å². The number of anilines is 1. The van der Waals surface area contributed by atoms with Gasteiger partial charge < -0.3 is 9.80 Å². The Kier molecular flexibility index (Phi) is 4.86. The number of amides is 1. The fourth-order valence-electron chi connectivity index (χ4n) is 3.85. The van der Waals surface area contributed by atoms with Crippen LogP contribution in [0.3, 0.4) is 0 Å². The van der Waals surface area contributed by atoms with Gasteiger partial charge in [-0.15, -0.1) is 0 Å². The van der Waals surface area contributed by atoms with E-state index in [1.54, 1.807) is 23.1 Å². The summed E-state index contributed by atoms with van der Waals surface area (Å²) in [6.45, 7) is 6.59. The van der Waals surface area contributed by atoms with Crippen molar-refractivity contribution in [2.24, 2.45) is 0 Å². The molecule has 0 spiro atoms. The van der Waals surface area contributed by atoms with Crippen LogP contribution in [-0.2, 0) is 0 Å². The second-order valence-electron chi connectivity index (χ2n) is 7.03. The van der Waals surface area contributed by atoms with Gasteiger partial charge >= 0.3 is 0 Å². The van der Waals surface area contributed by atoms with Gasteiger partial charge in [0.05, 0.1) is 28.3 Å². The maximum atomic E-state index is 13.9. The van der Waals surface area contributed by atoms with Gasteiger partial charge in [-0.05, 0) is 38.1 Å². The quantitative estimate of drug-likeness (QED) is 0.699. The average molecular weight is 378 g/mol. The number of piperazine rings is 1. The molecule has 3 aromatic rings. The van der Waals surface area contributed by atoms with Crippen LogP contribution >= 0.6 is 0 Å². The Morgan fingerprint density at radius 3 is 2.25 bits per heavy atom. The van der Waals surface area contributed by atoms with Crippen molar-refractivity contribution in [1.29, 1.82) is 0 Å². The highest BCUT2D eigenvalue weighted by molar-refractivity contribution is 5.94. The molecular weight excluding hydrogens is 355 g/mol. The standard InChI is InChI=1S/C22H23FN4O/c1-16-21(17(2)27(24-16)18-8-4-3-5-9-18)25-12-14-26(15-13-25)22(28)19-10-6-7-11-20(19)23/h3-11H,12-15H2,1-2H3. The summed E-state index contributed by atoms with van der Waals surface area (Å²) in [5, 5.41) is 4.71. The van der Waals surface area contributed by atoms with Crippen LogP contribution in [0.4, 0.5) is 10.1 Å². The molecule has 4 rings (SSSR count). The molecule has 1 saturated heterocycles. The number of para-hydroxylation sites is 1. The molecule has 6 heteroatoms. The Balaban J connectivity index is 1.51. The van der Waals surface area contributed by atoms with Crippen LogP contribution < -0.4 is 4.90 Å². The zero-order chi connectivity index (χ0) is 19.7. The second kappa shape index (κ2) is 7.46. The smallest absolute Gasteiger partial charge is 0.256 e. The second-order valence-corrected chi connectivity index (χ2v) is 7.03. The average Bonchev–Trinajstić information content (AvgIpc) is 3.03. The minimum Gasteiger partial charge on any atom is -0.365 e. The third-order valence-corrected chi connectivity index (χ3v) is 5.24. The van der Waals surface area contributed by atoms with E-state index >= 15 is 0 Å². The van der Waals surface area contributed by atoms with Gasteiger partial charge in [0.25, 0.3) is 5.91 Å². The maximum Gasteiger partial charge on any atom is 0.256 e. The molecule has 28 heavy (non-hydrogen) atoms. The first-order valence-corrected chi connectivity index (χ1v) is 9.46. The fourth-order valence-corrected chi connectivity index (χ4v) is 3.85. The van der Waals surface area contributed by atoms with Crippen LogP contribution in [0.1, 0.15) is 21.7 Å². The van der Waals surface area contributed by atoms with Crippen molar-refractivity contribution in [3.63, 3.8) is 0 Å². The Morgan fingerprint density at radius 1 is 0.929 bits per heavy atom. The Labute approximate surface area is 164 Å². The predicted molar refractivity (Wildman–Crippen MR) is 108 cm³/mol. The summed E-state index contributed by atoms with van der Waals surface area (Å²) in [6.07, 6.45) is 0. The maximum absolute atomic E-state index is 13.9.